The molecular formula is C21H18N6O. The summed E-state index contributed by atoms with van der Waals surface area (Å²) in [5, 5.41) is 16.6. The van der Waals surface area contributed by atoms with Gasteiger partial charge in [0.25, 0.3) is 5.91 Å². The summed E-state index contributed by atoms with van der Waals surface area (Å²) in [5.41, 5.74) is 4.32. The molecule has 2 aromatic heterocycles. The van der Waals surface area contributed by atoms with Gasteiger partial charge in [0.1, 0.15) is 11.4 Å². The van der Waals surface area contributed by atoms with E-state index in [-0.39, 0.29) is 5.91 Å². The van der Waals surface area contributed by atoms with Crippen molar-refractivity contribution in [2.24, 2.45) is 17.3 Å². The number of para-hydroxylation sites is 1. The van der Waals surface area contributed by atoms with Crippen molar-refractivity contribution in [3.05, 3.63) is 78.2 Å². The maximum Gasteiger partial charge on any atom is 0.273 e. The van der Waals surface area contributed by atoms with Crippen molar-refractivity contribution in [3.63, 3.8) is 0 Å². The number of nitrogens with one attached hydrogen (secondary N) is 1. The lowest BCUT2D eigenvalue weighted by Gasteiger charge is -2.09. The largest absolute Gasteiger partial charge is 0.320 e. The number of amides is 1. The van der Waals surface area contributed by atoms with Gasteiger partial charge in [-0.2, -0.15) is 10.2 Å². The second-order valence-electron chi connectivity index (χ2n) is 6.35. The molecule has 0 fully saturated rings. The third-order valence-corrected chi connectivity index (χ3v) is 4.40. The molecule has 0 bridgehead atoms. The Hall–Kier alpha value is -3.87. The molecule has 28 heavy (non-hydrogen) atoms. The van der Waals surface area contributed by atoms with Gasteiger partial charge in [-0.15, -0.1) is 5.11 Å². The molecule has 0 atom stereocenters. The van der Waals surface area contributed by atoms with Gasteiger partial charge in [-0.25, -0.2) is 0 Å². The van der Waals surface area contributed by atoms with Crippen LogP contribution in [0.4, 0.5) is 17.1 Å². The van der Waals surface area contributed by atoms with E-state index in [1.54, 1.807) is 25.5 Å². The van der Waals surface area contributed by atoms with Crippen LogP contribution in [0.1, 0.15) is 16.1 Å². The zero-order chi connectivity index (χ0) is 19.5. The van der Waals surface area contributed by atoms with Gasteiger partial charge in [0.2, 0.25) is 0 Å². The van der Waals surface area contributed by atoms with Crippen molar-refractivity contribution in [2.45, 2.75) is 6.92 Å². The summed E-state index contributed by atoms with van der Waals surface area (Å²) in [4.78, 5) is 16.7. The van der Waals surface area contributed by atoms with Crippen molar-refractivity contribution in [3.8, 4) is 0 Å². The molecule has 0 radical (unpaired) electrons. The summed E-state index contributed by atoms with van der Waals surface area (Å²) in [5.74, 6) is -0.209. The van der Waals surface area contributed by atoms with Crippen LogP contribution in [0.25, 0.3) is 10.9 Å². The van der Waals surface area contributed by atoms with E-state index in [1.807, 2.05) is 55.5 Å². The molecule has 2 heterocycles. The fourth-order valence-electron chi connectivity index (χ4n) is 2.91. The molecule has 7 nitrogen and oxygen atoms in total. The highest BCUT2D eigenvalue weighted by Crippen LogP contribution is 2.27. The normalized spacial score (nSPS) is 11.2. The number of nitrogens with zero attached hydrogens (tertiary/aromatic N) is 5. The number of benzene rings is 2. The van der Waals surface area contributed by atoms with E-state index in [0.29, 0.717) is 17.1 Å². The molecule has 0 saturated carbocycles. The fraction of sp³-hybridized carbons (Fsp3) is 0.0952. The fourth-order valence-corrected chi connectivity index (χ4v) is 2.91. The van der Waals surface area contributed by atoms with Crippen molar-refractivity contribution >= 4 is 33.9 Å². The van der Waals surface area contributed by atoms with Gasteiger partial charge in [0.05, 0.1) is 11.2 Å². The van der Waals surface area contributed by atoms with Gasteiger partial charge in [-0.1, -0.05) is 18.2 Å². The van der Waals surface area contributed by atoms with E-state index < -0.39 is 0 Å². The Bertz CT molecular complexity index is 1190. The molecule has 0 aliphatic rings. The van der Waals surface area contributed by atoms with Crippen molar-refractivity contribution in [2.75, 3.05) is 5.32 Å². The van der Waals surface area contributed by atoms with Crippen LogP contribution < -0.4 is 5.32 Å². The van der Waals surface area contributed by atoms with Crippen molar-refractivity contribution in [1.29, 1.82) is 0 Å². The lowest BCUT2D eigenvalue weighted by Crippen LogP contribution is -2.16. The highest BCUT2D eigenvalue weighted by molar-refractivity contribution is 6.03. The number of aromatic nitrogens is 3. The number of carbonyl (C=O) groups excluding carboxylic acids is 1. The predicted molar refractivity (Wildman–Crippen MR) is 108 cm³/mol. The third-order valence-electron chi connectivity index (χ3n) is 4.40. The molecule has 1 N–H and O–H groups in total. The Morgan fingerprint density at radius 1 is 1.04 bits per heavy atom. The van der Waals surface area contributed by atoms with Crippen LogP contribution >= 0.6 is 0 Å². The Morgan fingerprint density at radius 2 is 1.89 bits per heavy atom. The number of pyridine rings is 1. The number of hydrogen-bond donors (Lipinski definition) is 1. The van der Waals surface area contributed by atoms with Gasteiger partial charge in [0.15, 0.2) is 0 Å². The summed E-state index contributed by atoms with van der Waals surface area (Å²) in [7, 11) is 1.73. The van der Waals surface area contributed by atoms with Gasteiger partial charge in [0, 0.05) is 30.5 Å². The van der Waals surface area contributed by atoms with Crippen LogP contribution in [0.5, 0.6) is 0 Å². The molecule has 0 spiro atoms. The van der Waals surface area contributed by atoms with Gasteiger partial charge < -0.3 is 5.32 Å². The topological polar surface area (TPSA) is 84.5 Å². The van der Waals surface area contributed by atoms with E-state index >= 15 is 0 Å². The number of fused-ring (bicyclic) bond motifs is 1. The minimum absolute atomic E-state index is 0.209. The van der Waals surface area contributed by atoms with Crippen LogP contribution in [0.3, 0.4) is 0 Å². The van der Waals surface area contributed by atoms with Crippen LogP contribution in [0, 0.1) is 6.92 Å². The zero-order valence-corrected chi connectivity index (χ0v) is 15.5. The average Bonchev–Trinajstić information content (AvgIpc) is 3.14. The molecule has 0 unspecified atom stereocenters. The molecule has 0 aliphatic carbocycles. The van der Waals surface area contributed by atoms with E-state index in [0.717, 1.165) is 22.2 Å². The summed E-state index contributed by atoms with van der Waals surface area (Å²) >= 11 is 0. The number of hydrogen-bond acceptors (Lipinski definition) is 5. The number of azo groups is 1. The number of carbonyl (C=O) groups is 1. The minimum Gasteiger partial charge on any atom is -0.320 e. The zero-order valence-electron chi connectivity index (χ0n) is 15.5. The first-order valence-electron chi connectivity index (χ1n) is 8.77. The number of aryl methyl sites for hydroxylation is 2. The van der Waals surface area contributed by atoms with Crippen LogP contribution in [-0.4, -0.2) is 20.7 Å². The SMILES string of the molecule is Cc1cc(/N=N/c2cccc3cccnc23)ccc1NC(=O)c1ccnn1C. The summed E-state index contributed by atoms with van der Waals surface area (Å²) in [6.45, 7) is 1.91. The van der Waals surface area contributed by atoms with Crippen molar-refractivity contribution < 1.29 is 4.79 Å². The number of rotatable bonds is 4. The first-order chi connectivity index (χ1) is 13.6. The second kappa shape index (κ2) is 7.40. The molecule has 138 valence electrons. The first kappa shape index (κ1) is 17.5. The van der Waals surface area contributed by atoms with E-state index in [4.69, 9.17) is 0 Å². The molecule has 4 rings (SSSR count). The van der Waals surface area contributed by atoms with E-state index in [2.05, 4.69) is 25.6 Å². The molecule has 0 saturated heterocycles. The quantitative estimate of drug-likeness (QED) is 0.516. The Kier molecular flexibility index (Phi) is 4.63. The van der Waals surface area contributed by atoms with Gasteiger partial charge in [-0.3, -0.25) is 14.5 Å². The molecule has 1 amide bonds. The Labute approximate surface area is 161 Å². The molecule has 2 aromatic carbocycles. The van der Waals surface area contributed by atoms with Crippen LogP contribution in [0.2, 0.25) is 0 Å². The average molecular weight is 370 g/mol. The lowest BCUT2D eigenvalue weighted by molar-refractivity contribution is 0.101. The van der Waals surface area contributed by atoms with E-state index in [9.17, 15) is 4.79 Å². The molecule has 4 aromatic rings. The molecule has 0 aliphatic heterocycles. The standard InChI is InChI=1S/C21H18N6O/c1-14-13-16(8-9-17(14)24-21(28)19-10-12-23-27(19)2)25-26-18-7-3-5-15-6-4-11-22-20(15)18/h3-13H,1-2H3,(H,24,28)/b26-25+. The van der Waals surface area contributed by atoms with Gasteiger partial charge in [-0.05, 0) is 48.9 Å². The smallest absolute Gasteiger partial charge is 0.273 e. The highest BCUT2D eigenvalue weighted by Gasteiger charge is 2.11. The van der Waals surface area contributed by atoms with Crippen LogP contribution in [-0.2, 0) is 7.05 Å². The maximum atomic E-state index is 12.3. The maximum absolute atomic E-state index is 12.3. The summed E-state index contributed by atoms with van der Waals surface area (Å²) in [6, 6.07) is 16.9. The summed E-state index contributed by atoms with van der Waals surface area (Å²) in [6.07, 6.45) is 3.33. The predicted octanol–water partition coefficient (Wildman–Crippen LogP) is 4.94. The van der Waals surface area contributed by atoms with Gasteiger partial charge >= 0.3 is 0 Å². The summed E-state index contributed by atoms with van der Waals surface area (Å²) < 4.78 is 1.53. The van der Waals surface area contributed by atoms with Crippen molar-refractivity contribution in [1.82, 2.24) is 14.8 Å². The highest BCUT2D eigenvalue weighted by atomic mass is 16.2. The Balaban J connectivity index is 1.55. The second-order valence-corrected chi connectivity index (χ2v) is 6.35. The van der Waals surface area contributed by atoms with Crippen LogP contribution in [0.15, 0.2) is 77.2 Å². The third kappa shape index (κ3) is 3.50. The Morgan fingerprint density at radius 3 is 2.68 bits per heavy atom. The first-order valence-corrected chi connectivity index (χ1v) is 8.77. The lowest BCUT2D eigenvalue weighted by atomic mass is 10.1. The van der Waals surface area contributed by atoms with E-state index in [1.165, 1.54) is 4.68 Å². The molecule has 7 heteroatoms. The number of anilines is 1. The minimum atomic E-state index is -0.209. The monoisotopic (exact) mass is 370 g/mol. The molecular weight excluding hydrogens is 352 g/mol.